The maximum absolute atomic E-state index is 13.3. The average molecular weight is 247 g/mol. The molecule has 4 heteroatoms. The van der Waals surface area contributed by atoms with Gasteiger partial charge in [0.25, 0.3) is 0 Å². The molecule has 2 aromatic rings. The first kappa shape index (κ1) is 12.8. The summed E-state index contributed by atoms with van der Waals surface area (Å²) in [5.74, 6) is -0.248. The highest BCUT2D eigenvalue weighted by atomic mass is 19.1. The van der Waals surface area contributed by atoms with Crippen molar-refractivity contribution >= 4 is 0 Å². The molecule has 1 atom stereocenters. The summed E-state index contributed by atoms with van der Waals surface area (Å²) in [7, 11) is 1.87. The van der Waals surface area contributed by atoms with E-state index in [1.54, 1.807) is 16.9 Å². The summed E-state index contributed by atoms with van der Waals surface area (Å²) in [6.07, 6.45) is 5.14. The Hall–Kier alpha value is -1.68. The lowest BCUT2D eigenvalue weighted by Gasteiger charge is -2.28. The molecule has 0 saturated heterocycles. The fourth-order valence-electron chi connectivity index (χ4n) is 2.16. The molecular formula is C14H18FN3. The number of aromatic nitrogens is 2. The van der Waals surface area contributed by atoms with Crippen LogP contribution in [-0.4, -0.2) is 9.78 Å². The maximum Gasteiger partial charge on any atom is 0.123 e. The summed E-state index contributed by atoms with van der Waals surface area (Å²) in [6, 6.07) is 6.53. The molecule has 0 aliphatic carbocycles. The van der Waals surface area contributed by atoms with Crippen molar-refractivity contribution < 1.29 is 4.39 Å². The molecular weight excluding hydrogens is 229 g/mol. The molecule has 0 spiro atoms. The molecule has 0 amide bonds. The highest BCUT2D eigenvalue weighted by Crippen LogP contribution is 2.26. The molecule has 1 heterocycles. The van der Waals surface area contributed by atoms with Crippen molar-refractivity contribution in [1.29, 1.82) is 0 Å². The minimum atomic E-state index is -0.550. The van der Waals surface area contributed by atoms with Crippen LogP contribution < -0.4 is 5.73 Å². The zero-order valence-electron chi connectivity index (χ0n) is 10.7. The summed E-state index contributed by atoms with van der Waals surface area (Å²) >= 11 is 0. The summed E-state index contributed by atoms with van der Waals surface area (Å²) in [5, 5.41) is 4.13. The molecule has 3 nitrogen and oxygen atoms in total. The van der Waals surface area contributed by atoms with Gasteiger partial charge in [-0.15, -0.1) is 0 Å². The SMILES string of the molecule is CCC(N)(Cc1cnn(C)c1)c1cccc(F)c1. The Bertz CT molecular complexity index is 535. The third kappa shape index (κ3) is 2.59. The van der Waals surface area contributed by atoms with Crippen LogP contribution in [0.1, 0.15) is 24.5 Å². The standard InChI is InChI=1S/C14H18FN3/c1-3-14(16,8-11-9-17-18(2)10-11)12-5-4-6-13(15)7-12/h4-7,9-10H,3,8,16H2,1-2H3. The number of benzene rings is 1. The second-order valence-electron chi connectivity index (χ2n) is 4.72. The Balaban J connectivity index is 2.30. The van der Waals surface area contributed by atoms with E-state index in [4.69, 9.17) is 5.73 Å². The van der Waals surface area contributed by atoms with Crippen LogP contribution in [0.4, 0.5) is 4.39 Å². The third-order valence-corrected chi connectivity index (χ3v) is 3.31. The van der Waals surface area contributed by atoms with E-state index in [1.807, 2.05) is 26.2 Å². The largest absolute Gasteiger partial charge is 0.321 e. The molecule has 2 N–H and O–H groups in total. The number of hydrogen-bond acceptors (Lipinski definition) is 2. The Labute approximate surface area is 106 Å². The molecule has 0 saturated carbocycles. The number of nitrogens with two attached hydrogens (primary N) is 1. The summed E-state index contributed by atoms with van der Waals surface area (Å²) in [6.45, 7) is 2.02. The number of nitrogens with zero attached hydrogens (tertiary/aromatic N) is 2. The molecule has 1 aromatic carbocycles. The first-order chi connectivity index (χ1) is 8.53. The van der Waals surface area contributed by atoms with E-state index in [0.717, 1.165) is 17.5 Å². The van der Waals surface area contributed by atoms with E-state index in [2.05, 4.69) is 5.10 Å². The highest BCUT2D eigenvalue weighted by Gasteiger charge is 2.26. The number of hydrogen-bond donors (Lipinski definition) is 1. The van der Waals surface area contributed by atoms with Gasteiger partial charge in [-0.2, -0.15) is 5.10 Å². The van der Waals surface area contributed by atoms with Crippen molar-refractivity contribution in [3.05, 3.63) is 53.6 Å². The third-order valence-electron chi connectivity index (χ3n) is 3.31. The van der Waals surface area contributed by atoms with Gasteiger partial charge in [-0.05, 0) is 36.1 Å². The van der Waals surface area contributed by atoms with Crippen molar-refractivity contribution in [2.45, 2.75) is 25.3 Å². The van der Waals surface area contributed by atoms with Crippen LogP contribution in [0.5, 0.6) is 0 Å². The first-order valence-corrected chi connectivity index (χ1v) is 6.06. The lowest BCUT2D eigenvalue weighted by atomic mass is 9.83. The average Bonchev–Trinajstić information content (AvgIpc) is 2.74. The molecule has 2 rings (SSSR count). The zero-order valence-corrected chi connectivity index (χ0v) is 10.7. The quantitative estimate of drug-likeness (QED) is 0.901. The minimum absolute atomic E-state index is 0.248. The van der Waals surface area contributed by atoms with E-state index in [0.29, 0.717) is 6.42 Å². The number of halogens is 1. The van der Waals surface area contributed by atoms with Gasteiger partial charge in [-0.1, -0.05) is 19.1 Å². The van der Waals surface area contributed by atoms with Gasteiger partial charge in [0.1, 0.15) is 5.82 Å². The second-order valence-corrected chi connectivity index (χ2v) is 4.72. The van der Waals surface area contributed by atoms with Gasteiger partial charge in [0.15, 0.2) is 0 Å². The molecule has 18 heavy (non-hydrogen) atoms. The fourth-order valence-corrected chi connectivity index (χ4v) is 2.16. The second kappa shape index (κ2) is 4.90. The van der Waals surface area contributed by atoms with Gasteiger partial charge in [0.05, 0.1) is 6.20 Å². The highest BCUT2D eigenvalue weighted by molar-refractivity contribution is 5.27. The number of rotatable bonds is 4. The van der Waals surface area contributed by atoms with Gasteiger partial charge < -0.3 is 5.73 Å². The summed E-state index contributed by atoms with van der Waals surface area (Å²) in [4.78, 5) is 0. The van der Waals surface area contributed by atoms with Gasteiger partial charge >= 0.3 is 0 Å². The molecule has 0 bridgehead atoms. The van der Waals surface area contributed by atoms with E-state index in [1.165, 1.54) is 12.1 Å². The lowest BCUT2D eigenvalue weighted by molar-refractivity contribution is 0.422. The Kier molecular flexibility index (Phi) is 3.48. The van der Waals surface area contributed by atoms with E-state index < -0.39 is 5.54 Å². The van der Waals surface area contributed by atoms with Crippen LogP contribution in [0.25, 0.3) is 0 Å². The van der Waals surface area contributed by atoms with Gasteiger partial charge in [0, 0.05) is 18.8 Å². The van der Waals surface area contributed by atoms with E-state index in [9.17, 15) is 4.39 Å². The Morgan fingerprint density at radius 2 is 2.22 bits per heavy atom. The monoisotopic (exact) mass is 247 g/mol. The lowest BCUT2D eigenvalue weighted by Crippen LogP contribution is -2.38. The van der Waals surface area contributed by atoms with Crippen LogP contribution in [0, 0.1) is 5.82 Å². The molecule has 0 aliphatic heterocycles. The zero-order chi connectivity index (χ0) is 13.2. The van der Waals surface area contributed by atoms with Crippen molar-refractivity contribution in [2.75, 3.05) is 0 Å². The molecule has 0 fully saturated rings. The Morgan fingerprint density at radius 3 is 2.78 bits per heavy atom. The van der Waals surface area contributed by atoms with Crippen LogP contribution in [0.15, 0.2) is 36.7 Å². The Morgan fingerprint density at radius 1 is 1.44 bits per heavy atom. The fraction of sp³-hybridized carbons (Fsp3) is 0.357. The molecule has 96 valence electrons. The van der Waals surface area contributed by atoms with Crippen molar-refractivity contribution in [1.82, 2.24) is 9.78 Å². The van der Waals surface area contributed by atoms with Crippen LogP contribution in [0.2, 0.25) is 0 Å². The van der Waals surface area contributed by atoms with Gasteiger partial charge in [0.2, 0.25) is 0 Å². The van der Waals surface area contributed by atoms with Gasteiger partial charge in [-0.3, -0.25) is 4.68 Å². The number of aryl methyl sites for hydroxylation is 1. The van der Waals surface area contributed by atoms with E-state index >= 15 is 0 Å². The van der Waals surface area contributed by atoms with Crippen LogP contribution >= 0.6 is 0 Å². The topological polar surface area (TPSA) is 43.8 Å². The molecule has 0 aliphatic rings. The first-order valence-electron chi connectivity index (χ1n) is 6.06. The summed E-state index contributed by atoms with van der Waals surface area (Å²) < 4.78 is 15.1. The normalized spacial score (nSPS) is 14.4. The van der Waals surface area contributed by atoms with Crippen molar-refractivity contribution in [3.63, 3.8) is 0 Å². The molecule has 1 unspecified atom stereocenters. The molecule has 0 radical (unpaired) electrons. The maximum atomic E-state index is 13.3. The van der Waals surface area contributed by atoms with Gasteiger partial charge in [-0.25, -0.2) is 4.39 Å². The predicted octanol–water partition coefficient (Wildman–Crippen LogP) is 2.37. The van der Waals surface area contributed by atoms with Crippen LogP contribution in [0.3, 0.4) is 0 Å². The van der Waals surface area contributed by atoms with Crippen molar-refractivity contribution in [3.8, 4) is 0 Å². The van der Waals surface area contributed by atoms with E-state index in [-0.39, 0.29) is 5.82 Å². The minimum Gasteiger partial charge on any atom is -0.321 e. The smallest absolute Gasteiger partial charge is 0.123 e. The van der Waals surface area contributed by atoms with Crippen LogP contribution in [-0.2, 0) is 19.0 Å². The molecule has 1 aromatic heterocycles. The van der Waals surface area contributed by atoms with Crippen molar-refractivity contribution in [2.24, 2.45) is 12.8 Å². The summed E-state index contributed by atoms with van der Waals surface area (Å²) in [5.41, 5.74) is 7.76. The predicted molar refractivity (Wildman–Crippen MR) is 69.5 cm³/mol.